The largest absolute Gasteiger partial charge is 0.351 e. The van der Waals surface area contributed by atoms with Crippen molar-refractivity contribution in [3.63, 3.8) is 0 Å². The van der Waals surface area contributed by atoms with Crippen LogP contribution in [0.25, 0.3) is 0 Å². The Bertz CT molecular complexity index is 408. The maximum Gasteiger partial charge on any atom is 0.227 e. The minimum Gasteiger partial charge on any atom is -0.351 e. The third-order valence-electron chi connectivity index (χ3n) is 3.92. The van der Waals surface area contributed by atoms with Gasteiger partial charge in [-0.1, -0.05) is 19.8 Å². The summed E-state index contributed by atoms with van der Waals surface area (Å²) in [4.78, 5) is 14.9. The van der Waals surface area contributed by atoms with E-state index in [1.54, 1.807) is 11.3 Å². The Morgan fingerprint density at radius 3 is 2.61 bits per heavy atom. The number of amides is 1. The molecule has 2 rings (SSSR count). The standard InChI is InChI=1S/C14H22N2OS/c1-2-11-5-6-12(18-11)9-16-13(17)14(10-15)7-3-4-8-14/h5-6H,2-4,7-10,15H2,1H3,(H,16,17). The molecule has 0 atom stereocenters. The SMILES string of the molecule is CCc1ccc(CNC(=O)C2(CN)CCCC2)s1. The lowest BCUT2D eigenvalue weighted by Gasteiger charge is -2.25. The molecule has 3 nitrogen and oxygen atoms in total. The van der Waals surface area contributed by atoms with Crippen molar-refractivity contribution in [3.8, 4) is 0 Å². The summed E-state index contributed by atoms with van der Waals surface area (Å²) in [6.45, 7) is 3.27. The molecule has 1 saturated carbocycles. The molecule has 100 valence electrons. The average Bonchev–Trinajstić information content (AvgIpc) is 3.05. The molecule has 1 amide bonds. The van der Waals surface area contributed by atoms with Gasteiger partial charge in [-0.2, -0.15) is 0 Å². The second-order valence-electron chi connectivity index (χ2n) is 5.10. The van der Waals surface area contributed by atoms with E-state index in [1.165, 1.54) is 9.75 Å². The van der Waals surface area contributed by atoms with Crippen LogP contribution in [0.4, 0.5) is 0 Å². The average molecular weight is 266 g/mol. The molecule has 1 aromatic heterocycles. The van der Waals surface area contributed by atoms with E-state index in [2.05, 4.69) is 24.4 Å². The summed E-state index contributed by atoms with van der Waals surface area (Å²) in [7, 11) is 0. The van der Waals surface area contributed by atoms with Gasteiger partial charge in [0, 0.05) is 16.3 Å². The van der Waals surface area contributed by atoms with Crippen molar-refractivity contribution < 1.29 is 4.79 Å². The number of rotatable bonds is 5. The third-order valence-corrected chi connectivity index (χ3v) is 5.15. The molecule has 0 unspecified atom stereocenters. The van der Waals surface area contributed by atoms with Crippen molar-refractivity contribution in [1.29, 1.82) is 0 Å². The number of thiophene rings is 1. The first-order chi connectivity index (χ1) is 8.70. The second kappa shape index (κ2) is 5.85. The fourth-order valence-corrected chi connectivity index (χ4v) is 3.54. The Labute approximate surface area is 113 Å². The molecule has 1 heterocycles. The first kappa shape index (κ1) is 13.6. The van der Waals surface area contributed by atoms with Crippen molar-refractivity contribution in [2.24, 2.45) is 11.1 Å². The molecular formula is C14H22N2OS. The number of nitrogens with one attached hydrogen (secondary N) is 1. The van der Waals surface area contributed by atoms with E-state index < -0.39 is 0 Å². The molecule has 1 fully saturated rings. The quantitative estimate of drug-likeness (QED) is 0.860. The van der Waals surface area contributed by atoms with E-state index in [0.29, 0.717) is 13.1 Å². The van der Waals surface area contributed by atoms with Crippen LogP contribution in [0.15, 0.2) is 12.1 Å². The van der Waals surface area contributed by atoms with Gasteiger partial charge in [0.25, 0.3) is 0 Å². The van der Waals surface area contributed by atoms with E-state index in [1.807, 2.05) is 0 Å². The van der Waals surface area contributed by atoms with Gasteiger partial charge >= 0.3 is 0 Å². The molecule has 0 radical (unpaired) electrons. The summed E-state index contributed by atoms with van der Waals surface area (Å²) in [5.41, 5.74) is 5.52. The van der Waals surface area contributed by atoms with Crippen molar-refractivity contribution in [3.05, 3.63) is 21.9 Å². The summed E-state index contributed by atoms with van der Waals surface area (Å²) in [6.07, 6.45) is 5.21. The minimum absolute atomic E-state index is 0.147. The van der Waals surface area contributed by atoms with Crippen molar-refractivity contribution in [2.75, 3.05) is 6.54 Å². The summed E-state index contributed by atoms with van der Waals surface area (Å²) >= 11 is 1.78. The Morgan fingerprint density at radius 2 is 2.06 bits per heavy atom. The van der Waals surface area contributed by atoms with Gasteiger partial charge < -0.3 is 11.1 Å². The zero-order chi connectivity index (χ0) is 13.0. The molecule has 0 saturated heterocycles. The summed E-state index contributed by atoms with van der Waals surface area (Å²) in [5, 5.41) is 3.06. The fourth-order valence-electron chi connectivity index (χ4n) is 2.64. The molecule has 18 heavy (non-hydrogen) atoms. The van der Waals surface area contributed by atoms with Crippen LogP contribution < -0.4 is 11.1 Å². The topological polar surface area (TPSA) is 55.1 Å². The van der Waals surface area contributed by atoms with Gasteiger partial charge in [0.05, 0.1) is 12.0 Å². The Kier molecular flexibility index (Phi) is 4.40. The first-order valence-electron chi connectivity index (χ1n) is 6.76. The van der Waals surface area contributed by atoms with Gasteiger partial charge in [0.15, 0.2) is 0 Å². The molecule has 1 aromatic rings. The number of aryl methyl sites for hydroxylation is 1. The van der Waals surface area contributed by atoms with Crippen molar-refractivity contribution in [1.82, 2.24) is 5.32 Å². The van der Waals surface area contributed by atoms with E-state index >= 15 is 0 Å². The van der Waals surface area contributed by atoms with Crippen LogP contribution in [0.2, 0.25) is 0 Å². The first-order valence-corrected chi connectivity index (χ1v) is 7.58. The molecular weight excluding hydrogens is 244 g/mol. The minimum atomic E-state index is -0.287. The monoisotopic (exact) mass is 266 g/mol. The number of carbonyl (C=O) groups excluding carboxylic acids is 1. The molecule has 1 aliphatic carbocycles. The highest BCUT2D eigenvalue weighted by Gasteiger charge is 2.39. The second-order valence-corrected chi connectivity index (χ2v) is 6.35. The maximum absolute atomic E-state index is 12.3. The molecule has 0 aromatic carbocycles. The van der Waals surface area contributed by atoms with Gasteiger partial charge in [0.1, 0.15) is 0 Å². The van der Waals surface area contributed by atoms with Gasteiger partial charge in [0.2, 0.25) is 5.91 Å². The van der Waals surface area contributed by atoms with Crippen LogP contribution in [0.5, 0.6) is 0 Å². The van der Waals surface area contributed by atoms with Crippen LogP contribution in [-0.2, 0) is 17.8 Å². The number of carbonyl (C=O) groups is 1. The molecule has 0 aliphatic heterocycles. The Morgan fingerprint density at radius 1 is 1.39 bits per heavy atom. The van der Waals surface area contributed by atoms with Crippen LogP contribution in [0.1, 0.15) is 42.4 Å². The normalized spacial score (nSPS) is 17.9. The third kappa shape index (κ3) is 2.75. The van der Waals surface area contributed by atoms with Crippen molar-refractivity contribution in [2.45, 2.75) is 45.6 Å². The summed E-state index contributed by atoms with van der Waals surface area (Å²) in [6, 6.07) is 4.24. The molecule has 1 aliphatic rings. The summed E-state index contributed by atoms with van der Waals surface area (Å²) in [5.74, 6) is 0.147. The highest BCUT2D eigenvalue weighted by molar-refractivity contribution is 7.11. The van der Waals surface area contributed by atoms with Crippen molar-refractivity contribution >= 4 is 17.2 Å². The number of hydrogen-bond acceptors (Lipinski definition) is 3. The Hall–Kier alpha value is -0.870. The van der Waals surface area contributed by atoms with Crippen LogP contribution in [0.3, 0.4) is 0 Å². The zero-order valence-corrected chi connectivity index (χ0v) is 11.8. The highest BCUT2D eigenvalue weighted by atomic mass is 32.1. The lowest BCUT2D eigenvalue weighted by atomic mass is 9.85. The lowest BCUT2D eigenvalue weighted by molar-refractivity contribution is -0.130. The predicted molar refractivity (Wildman–Crippen MR) is 75.5 cm³/mol. The van der Waals surface area contributed by atoms with E-state index in [4.69, 9.17) is 5.73 Å². The maximum atomic E-state index is 12.3. The molecule has 3 N–H and O–H groups in total. The summed E-state index contributed by atoms with van der Waals surface area (Å²) < 4.78 is 0. The van der Waals surface area contributed by atoms with E-state index in [-0.39, 0.29) is 11.3 Å². The number of hydrogen-bond donors (Lipinski definition) is 2. The van der Waals surface area contributed by atoms with Gasteiger partial charge in [-0.05, 0) is 31.4 Å². The fraction of sp³-hybridized carbons (Fsp3) is 0.643. The predicted octanol–water partition coefficient (Wildman–Crippen LogP) is 2.45. The lowest BCUT2D eigenvalue weighted by Crippen LogP contribution is -2.43. The molecule has 0 bridgehead atoms. The number of nitrogens with two attached hydrogens (primary N) is 1. The van der Waals surface area contributed by atoms with Crippen LogP contribution >= 0.6 is 11.3 Å². The van der Waals surface area contributed by atoms with Gasteiger partial charge in [-0.25, -0.2) is 0 Å². The highest BCUT2D eigenvalue weighted by Crippen LogP contribution is 2.37. The van der Waals surface area contributed by atoms with Crippen LogP contribution in [0, 0.1) is 5.41 Å². The van der Waals surface area contributed by atoms with E-state index in [9.17, 15) is 4.79 Å². The smallest absolute Gasteiger partial charge is 0.227 e. The molecule has 4 heteroatoms. The van der Waals surface area contributed by atoms with Crippen LogP contribution in [-0.4, -0.2) is 12.5 Å². The van der Waals surface area contributed by atoms with Gasteiger partial charge in [-0.3, -0.25) is 4.79 Å². The van der Waals surface area contributed by atoms with E-state index in [0.717, 1.165) is 32.1 Å². The van der Waals surface area contributed by atoms with Gasteiger partial charge in [-0.15, -0.1) is 11.3 Å². The molecule has 0 spiro atoms. The Balaban J connectivity index is 1.91. The zero-order valence-electron chi connectivity index (χ0n) is 11.0.